The molecular weight excluding hydrogens is 232 g/mol. The van der Waals surface area contributed by atoms with Crippen LogP contribution in [-0.2, 0) is 0 Å². The number of likely N-dealkylation sites (tertiary alicyclic amines) is 1. The summed E-state index contributed by atoms with van der Waals surface area (Å²) in [6.45, 7) is 3.76. The molecule has 3 nitrogen and oxygen atoms in total. The third-order valence-corrected chi connectivity index (χ3v) is 4.12. The van der Waals surface area contributed by atoms with Crippen LogP contribution in [0.3, 0.4) is 0 Å². The number of hydrogen-bond acceptors (Lipinski definition) is 2. The van der Waals surface area contributed by atoms with Gasteiger partial charge in [0.2, 0.25) is 0 Å². The van der Waals surface area contributed by atoms with Gasteiger partial charge >= 0.3 is 6.03 Å². The van der Waals surface area contributed by atoms with E-state index >= 15 is 0 Å². The molecule has 1 saturated heterocycles. The topological polar surface area (TPSA) is 32.3 Å². The Bertz CT molecular complexity index is 391. The van der Waals surface area contributed by atoms with Crippen molar-refractivity contribution in [1.82, 2.24) is 4.90 Å². The van der Waals surface area contributed by atoms with Crippen LogP contribution < -0.4 is 5.32 Å². The molecule has 1 aliphatic heterocycles. The van der Waals surface area contributed by atoms with E-state index in [1.165, 1.54) is 5.56 Å². The number of nitrogens with one attached hydrogen (secondary N) is 1. The van der Waals surface area contributed by atoms with Gasteiger partial charge in [-0.2, -0.15) is 11.8 Å². The lowest BCUT2D eigenvalue weighted by atomic mass is 10.2. The Hall–Kier alpha value is -1.16. The van der Waals surface area contributed by atoms with Crippen LogP contribution in [0.4, 0.5) is 10.5 Å². The van der Waals surface area contributed by atoms with Crippen molar-refractivity contribution >= 4 is 23.5 Å². The van der Waals surface area contributed by atoms with Gasteiger partial charge in [-0.1, -0.05) is 17.7 Å². The van der Waals surface area contributed by atoms with Gasteiger partial charge in [-0.05, 0) is 31.7 Å². The molecule has 17 heavy (non-hydrogen) atoms. The molecule has 1 N–H and O–H groups in total. The standard InChI is InChI=1S/C13H18N2OS/c1-10-3-5-11(6-4-10)14-13(16)15-8-7-12(9-15)17-2/h3-6,12H,7-9H2,1-2H3,(H,14,16)/t12-/m0/s1. The lowest BCUT2D eigenvalue weighted by Crippen LogP contribution is -2.33. The van der Waals surface area contributed by atoms with Crippen LogP contribution in [0, 0.1) is 6.92 Å². The molecule has 1 aromatic carbocycles. The predicted molar refractivity (Wildman–Crippen MR) is 73.7 cm³/mol. The van der Waals surface area contributed by atoms with E-state index in [1.807, 2.05) is 47.9 Å². The second kappa shape index (κ2) is 5.45. The molecule has 2 rings (SSSR count). The number of hydrogen-bond donors (Lipinski definition) is 1. The summed E-state index contributed by atoms with van der Waals surface area (Å²) in [4.78, 5) is 13.9. The number of nitrogens with zero attached hydrogens (tertiary/aromatic N) is 1. The minimum absolute atomic E-state index is 0.0189. The minimum atomic E-state index is 0.0189. The maximum absolute atomic E-state index is 12.0. The molecule has 2 amide bonds. The summed E-state index contributed by atoms with van der Waals surface area (Å²) in [5.41, 5.74) is 2.07. The van der Waals surface area contributed by atoms with E-state index < -0.39 is 0 Å². The summed E-state index contributed by atoms with van der Waals surface area (Å²) in [7, 11) is 0. The van der Waals surface area contributed by atoms with Gasteiger partial charge in [-0.3, -0.25) is 0 Å². The third-order valence-electron chi connectivity index (χ3n) is 3.07. The zero-order valence-electron chi connectivity index (χ0n) is 10.3. The summed E-state index contributed by atoms with van der Waals surface area (Å²) < 4.78 is 0. The van der Waals surface area contributed by atoms with Gasteiger partial charge in [0.15, 0.2) is 0 Å². The highest BCUT2D eigenvalue weighted by molar-refractivity contribution is 7.99. The SMILES string of the molecule is CS[C@H]1CCN(C(=O)Nc2ccc(C)cc2)C1. The van der Waals surface area contributed by atoms with E-state index in [4.69, 9.17) is 0 Å². The molecule has 1 heterocycles. The summed E-state index contributed by atoms with van der Waals surface area (Å²) in [5, 5.41) is 3.53. The smallest absolute Gasteiger partial charge is 0.321 e. The molecule has 1 atom stereocenters. The van der Waals surface area contributed by atoms with Crippen molar-refractivity contribution in [1.29, 1.82) is 0 Å². The fraction of sp³-hybridized carbons (Fsp3) is 0.462. The number of aryl methyl sites for hydroxylation is 1. The van der Waals surface area contributed by atoms with E-state index in [-0.39, 0.29) is 6.03 Å². The van der Waals surface area contributed by atoms with Gasteiger partial charge in [-0.25, -0.2) is 4.79 Å². The Balaban J connectivity index is 1.91. The molecule has 0 bridgehead atoms. The Labute approximate surface area is 107 Å². The van der Waals surface area contributed by atoms with Gasteiger partial charge in [0.05, 0.1) is 0 Å². The lowest BCUT2D eigenvalue weighted by molar-refractivity contribution is 0.222. The van der Waals surface area contributed by atoms with Crippen LogP contribution in [-0.4, -0.2) is 35.5 Å². The largest absolute Gasteiger partial charge is 0.323 e. The highest BCUT2D eigenvalue weighted by Crippen LogP contribution is 2.21. The molecule has 1 aromatic rings. The molecule has 0 saturated carbocycles. The number of rotatable bonds is 2. The zero-order valence-corrected chi connectivity index (χ0v) is 11.1. The number of anilines is 1. The van der Waals surface area contributed by atoms with E-state index in [2.05, 4.69) is 11.6 Å². The molecule has 1 fully saturated rings. The van der Waals surface area contributed by atoms with Crippen molar-refractivity contribution in [3.63, 3.8) is 0 Å². The highest BCUT2D eigenvalue weighted by Gasteiger charge is 2.25. The maximum Gasteiger partial charge on any atom is 0.321 e. The van der Waals surface area contributed by atoms with Gasteiger partial charge in [0.1, 0.15) is 0 Å². The summed E-state index contributed by atoms with van der Waals surface area (Å²) >= 11 is 1.84. The number of amides is 2. The van der Waals surface area contributed by atoms with Gasteiger partial charge < -0.3 is 10.2 Å². The molecule has 0 unspecified atom stereocenters. The highest BCUT2D eigenvalue weighted by atomic mass is 32.2. The van der Waals surface area contributed by atoms with Crippen LogP contribution in [0.2, 0.25) is 0 Å². The number of thioether (sulfide) groups is 1. The average Bonchev–Trinajstić information content (AvgIpc) is 2.81. The predicted octanol–water partition coefficient (Wildman–Crippen LogP) is 2.96. The van der Waals surface area contributed by atoms with Crippen LogP contribution in [0.15, 0.2) is 24.3 Å². The van der Waals surface area contributed by atoms with Crippen molar-refractivity contribution < 1.29 is 4.79 Å². The van der Waals surface area contributed by atoms with Crippen LogP contribution in [0.1, 0.15) is 12.0 Å². The Morgan fingerprint density at radius 2 is 2.12 bits per heavy atom. The van der Waals surface area contributed by atoms with Crippen molar-refractivity contribution in [3.8, 4) is 0 Å². The van der Waals surface area contributed by atoms with Gasteiger partial charge in [0, 0.05) is 24.0 Å². The van der Waals surface area contributed by atoms with Crippen molar-refractivity contribution in [2.75, 3.05) is 24.7 Å². The number of benzene rings is 1. The van der Waals surface area contributed by atoms with Crippen molar-refractivity contribution in [2.45, 2.75) is 18.6 Å². The third kappa shape index (κ3) is 3.16. The van der Waals surface area contributed by atoms with Crippen molar-refractivity contribution in [3.05, 3.63) is 29.8 Å². The number of carbonyl (C=O) groups excluding carboxylic acids is 1. The molecular formula is C13H18N2OS. The molecule has 0 spiro atoms. The first kappa shape index (κ1) is 12.3. The number of urea groups is 1. The zero-order chi connectivity index (χ0) is 12.3. The van der Waals surface area contributed by atoms with E-state index in [0.29, 0.717) is 5.25 Å². The lowest BCUT2D eigenvalue weighted by Gasteiger charge is -2.17. The van der Waals surface area contributed by atoms with Crippen LogP contribution in [0.5, 0.6) is 0 Å². The summed E-state index contributed by atoms with van der Waals surface area (Å²) in [6.07, 6.45) is 3.20. The maximum atomic E-state index is 12.0. The summed E-state index contributed by atoms with van der Waals surface area (Å²) in [5.74, 6) is 0. The van der Waals surface area contributed by atoms with Gasteiger partial charge in [0.25, 0.3) is 0 Å². The first-order valence-electron chi connectivity index (χ1n) is 5.84. The molecule has 0 radical (unpaired) electrons. The van der Waals surface area contributed by atoms with Crippen LogP contribution in [0.25, 0.3) is 0 Å². The second-order valence-electron chi connectivity index (χ2n) is 4.39. The first-order valence-corrected chi connectivity index (χ1v) is 7.13. The number of carbonyl (C=O) groups is 1. The summed E-state index contributed by atoms with van der Waals surface area (Å²) in [6, 6.07) is 7.91. The fourth-order valence-electron chi connectivity index (χ4n) is 1.94. The molecule has 0 aliphatic carbocycles. The second-order valence-corrected chi connectivity index (χ2v) is 5.53. The molecule has 4 heteroatoms. The first-order chi connectivity index (χ1) is 8.19. The molecule has 1 aliphatic rings. The quantitative estimate of drug-likeness (QED) is 0.875. The monoisotopic (exact) mass is 250 g/mol. The van der Waals surface area contributed by atoms with Crippen LogP contribution >= 0.6 is 11.8 Å². The normalized spacial score (nSPS) is 19.4. The Kier molecular flexibility index (Phi) is 3.94. The molecule has 92 valence electrons. The Morgan fingerprint density at radius 1 is 1.41 bits per heavy atom. The Morgan fingerprint density at radius 3 is 2.71 bits per heavy atom. The van der Waals surface area contributed by atoms with Gasteiger partial charge in [-0.15, -0.1) is 0 Å². The minimum Gasteiger partial charge on any atom is -0.323 e. The van der Waals surface area contributed by atoms with Crippen molar-refractivity contribution in [2.24, 2.45) is 0 Å². The fourth-order valence-corrected chi connectivity index (χ4v) is 2.61. The van der Waals surface area contributed by atoms with E-state index in [9.17, 15) is 4.79 Å². The average molecular weight is 250 g/mol. The van der Waals surface area contributed by atoms with E-state index in [1.54, 1.807) is 0 Å². The molecule has 0 aromatic heterocycles. The van der Waals surface area contributed by atoms with E-state index in [0.717, 1.165) is 25.2 Å².